The number of nitrogens with two attached hydrogens (primary N) is 1. The van der Waals surface area contributed by atoms with E-state index in [1.165, 1.54) is 0 Å². The van der Waals surface area contributed by atoms with Crippen LogP contribution in [0.3, 0.4) is 0 Å². The normalized spacial score (nSPS) is 17.4. The van der Waals surface area contributed by atoms with Crippen molar-refractivity contribution >= 4 is 23.8 Å². The molecule has 11 heteroatoms. The molecule has 0 spiro atoms. The second kappa shape index (κ2) is 18.2. The average Bonchev–Trinajstić information content (AvgIpc) is 3.14. The maximum absolute atomic E-state index is 13.9. The first-order valence-corrected chi connectivity index (χ1v) is 17.9. The predicted molar refractivity (Wildman–Crippen MR) is 199 cm³/mol. The molecule has 2 aliphatic rings. The number of ether oxygens (including phenoxy) is 1. The van der Waals surface area contributed by atoms with E-state index in [9.17, 15) is 24.3 Å². The van der Waals surface area contributed by atoms with Gasteiger partial charge in [-0.3, -0.25) is 14.4 Å². The third kappa shape index (κ3) is 10.3. The van der Waals surface area contributed by atoms with Gasteiger partial charge in [0, 0.05) is 19.5 Å². The highest BCUT2D eigenvalue weighted by atomic mass is 16.5. The third-order valence-corrected chi connectivity index (χ3v) is 9.60. The summed E-state index contributed by atoms with van der Waals surface area (Å²) in [5.74, 6) is -0.742. The number of carbonyl (C=O) groups is 4. The first-order valence-electron chi connectivity index (χ1n) is 17.9. The fourth-order valence-electron chi connectivity index (χ4n) is 6.75. The fourth-order valence-corrected chi connectivity index (χ4v) is 6.75. The molecular formula is C41H49N5O6. The molecule has 1 heterocycles. The number of hydrogen-bond acceptors (Lipinski definition) is 7. The number of rotatable bonds is 14. The summed E-state index contributed by atoms with van der Waals surface area (Å²) < 4.78 is 5.38. The van der Waals surface area contributed by atoms with Crippen molar-refractivity contribution in [3.8, 4) is 5.75 Å². The largest absolute Gasteiger partial charge is 0.508 e. The highest BCUT2D eigenvalue weighted by Crippen LogP contribution is 2.26. The zero-order valence-corrected chi connectivity index (χ0v) is 29.8. The number of carbonyl (C=O) groups excluding carboxylic acids is 4. The van der Waals surface area contributed by atoms with E-state index in [-0.39, 0.29) is 49.1 Å². The lowest BCUT2D eigenvalue weighted by atomic mass is 9.91. The van der Waals surface area contributed by atoms with Gasteiger partial charge in [-0.15, -0.1) is 0 Å². The molecule has 1 aliphatic carbocycles. The molecule has 6 N–H and O–H groups in total. The van der Waals surface area contributed by atoms with Gasteiger partial charge in [-0.05, 0) is 91.5 Å². The SMILES string of the molecule is Cc1cc(O)cc(C)c1CC(N)C(=O)N1Cc2ccccc2CC1C(=O)NCCCCC(NC(=O)OCc1ccccc1)C(=O)NC1C=CC=CC1. The molecule has 4 amide bonds. The van der Waals surface area contributed by atoms with Crippen molar-refractivity contribution in [1.82, 2.24) is 20.9 Å². The van der Waals surface area contributed by atoms with E-state index < -0.39 is 24.2 Å². The van der Waals surface area contributed by atoms with Crippen LogP contribution in [0.4, 0.5) is 4.79 Å². The minimum absolute atomic E-state index is 0.0787. The Balaban J connectivity index is 1.17. The second-order valence-corrected chi connectivity index (χ2v) is 13.5. The number of hydrogen-bond donors (Lipinski definition) is 5. The van der Waals surface area contributed by atoms with Gasteiger partial charge in [-0.2, -0.15) is 0 Å². The van der Waals surface area contributed by atoms with Crippen LogP contribution in [0.25, 0.3) is 0 Å². The quantitative estimate of drug-likeness (QED) is 0.155. The molecule has 3 aromatic carbocycles. The van der Waals surface area contributed by atoms with E-state index >= 15 is 0 Å². The number of phenols is 1. The topological polar surface area (TPSA) is 163 Å². The van der Waals surface area contributed by atoms with Crippen molar-refractivity contribution in [2.24, 2.45) is 5.73 Å². The van der Waals surface area contributed by atoms with Crippen LogP contribution in [0.2, 0.25) is 0 Å². The molecule has 52 heavy (non-hydrogen) atoms. The number of amides is 4. The molecule has 0 bridgehead atoms. The summed E-state index contributed by atoms with van der Waals surface area (Å²) in [5, 5.41) is 18.7. The van der Waals surface area contributed by atoms with Crippen molar-refractivity contribution in [3.05, 3.63) is 124 Å². The Labute approximate surface area is 305 Å². The Bertz CT molecular complexity index is 1770. The fraction of sp³-hybridized carbons (Fsp3) is 0.366. The summed E-state index contributed by atoms with van der Waals surface area (Å²) in [6.45, 7) is 4.42. The molecule has 0 saturated heterocycles. The predicted octanol–water partition coefficient (Wildman–Crippen LogP) is 4.41. The number of allylic oxidation sites excluding steroid dienone is 2. The van der Waals surface area contributed by atoms with Gasteiger partial charge in [0.2, 0.25) is 17.7 Å². The summed E-state index contributed by atoms with van der Waals surface area (Å²) in [4.78, 5) is 55.1. The standard InChI is InChI=1S/C41H49N5O6/c1-27-21-33(47)22-28(2)34(27)24-35(42)40(50)46-25-31-16-10-9-15-30(31)23-37(46)39(49)43-20-12-11-19-36(38(48)44-32-17-7-4-8-18-32)45-41(51)52-26-29-13-5-3-6-14-29/h3-10,13-17,21-22,32,35-37,47H,11-12,18-20,23-26,42H2,1-2H3,(H,43,49)(H,44,48)(H,45,51). The summed E-state index contributed by atoms with van der Waals surface area (Å²) in [6.07, 6.45) is 9.68. The van der Waals surface area contributed by atoms with Crippen LogP contribution in [0.15, 0.2) is 91.0 Å². The molecule has 274 valence electrons. The molecule has 0 saturated carbocycles. The van der Waals surface area contributed by atoms with Gasteiger partial charge in [0.15, 0.2) is 0 Å². The van der Waals surface area contributed by atoms with Crippen LogP contribution in [-0.2, 0) is 45.1 Å². The van der Waals surface area contributed by atoms with Crippen LogP contribution in [0.1, 0.15) is 59.1 Å². The molecule has 4 unspecified atom stereocenters. The number of aryl methyl sites for hydroxylation is 2. The van der Waals surface area contributed by atoms with Gasteiger partial charge in [-0.1, -0.05) is 78.9 Å². The Morgan fingerprint density at radius 2 is 1.67 bits per heavy atom. The van der Waals surface area contributed by atoms with E-state index in [1.54, 1.807) is 17.0 Å². The molecule has 0 radical (unpaired) electrons. The number of nitrogens with one attached hydrogen (secondary N) is 3. The number of fused-ring (bicyclic) bond motifs is 1. The van der Waals surface area contributed by atoms with Gasteiger partial charge in [0.05, 0.1) is 12.1 Å². The van der Waals surface area contributed by atoms with E-state index in [0.29, 0.717) is 38.6 Å². The minimum Gasteiger partial charge on any atom is -0.508 e. The summed E-state index contributed by atoms with van der Waals surface area (Å²) in [7, 11) is 0. The highest BCUT2D eigenvalue weighted by Gasteiger charge is 2.36. The Hall–Kier alpha value is -5.42. The summed E-state index contributed by atoms with van der Waals surface area (Å²) in [6, 6.07) is 17.8. The number of aromatic hydroxyl groups is 1. The summed E-state index contributed by atoms with van der Waals surface area (Å²) >= 11 is 0. The summed E-state index contributed by atoms with van der Waals surface area (Å²) in [5.41, 5.74) is 11.9. The number of benzene rings is 3. The Morgan fingerprint density at radius 3 is 2.38 bits per heavy atom. The lowest BCUT2D eigenvalue weighted by molar-refractivity contribution is -0.142. The van der Waals surface area contributed by atoms with E-state index in [1.807, 2.05) is 92.7 Å². The lowest BCUT2D eigenvalue weighted by Gasteiger charge is -2.37. The molecule has 4 atom stereocenters. The third-order valence-electron chi connectivity index (χ3n) is 9.60. The van der Waals surface area contributed by atoms with Crippen LogP contribution >= 0.6 is 0 Å². The molecule has 1 aliphatic heterocycles. The van der Waals surface area contributed by atoms with Crippen molar-refractivity contribution in [2.45, 2.75) is 89.7 Å². The van der Waals surface area contributed by atoms with Gasteiger partial charge >= 0.3 is 6.09 Å². The van der Waals surface area contributed by atoms with Crippen LogP contribution in [0, 0.1) is 13.8 Å². The van der Waals surface area contributed by atoms with Gasteiger partial charge in [-0.25, -0.2) is 4.79 Å². The first kappa shape index (κ1) is 37.8. The Kier molecular flexibility index (Phi) is 13.2. The number of nitrogens with zero attached hydrogens (tertiary/aromatic N) is 1. The highest BCUT2D eigenvalue weighted by molar-refractivity contribution is 5.91. The van der Waals surface area contributed by atoms with Crippen molar-refractivity contribution < 1.29 is 29.0 Å². The molecule has 5 rings (SSSR count). The van der Waals surface area contributed by atoms with E-state index in [2.05, 4.69) is 16.0 Å². The van der Waals surface area contributed by atoms with Crippen molar-refractivity contribution in [1.29, 1.82) is 0 Å². The first-order chi connectivity index (χ1) is 25.1. The van der Waals surface area contributed by atoms with Gasteiger partial charge in [0.25, 0.3) is 0 Å². The molecule has 0 aromatic heterocycles. The maximum atomic E-state index is 13.9. The van der Waals surface area contributed by atoms with E-state index in [4.69, 9.17) is 10.5 Å². The smallest absolute Gasteiger partial charge is 0.408 e. The molecule has 3 aromatic rings. The van der Waals surface area contributed by atoms with Crippen LogP contribution < -0.4 is 21.7 Å². The van der Waals surface area contributed by atoms with Crippen LogP contribution in [0.5, 0.6) is 5.75 Å². The number of unbranched alkanes of at least 4 members (excludes halogenated alkanes) is 1. The van der Waals surface area contributed by atoms with Gasteiger partial charge < -0.3 is 36.4 Å². The van der Waals surface area contributed by atoms with Crippen LogP contribution in [-0.4, -0.2) is 64.5 Å². The molecular weight excluding hydrogens is 658 g/mol. The van der Waals surface area contributed by atoms with Crippen molar-refractivity contribution in [2.75, 3.05) is 6.54 Å². The maximum Gasteiger partial charge on any atom is 0.408 e. The van der Waals surface area contributed by atoms with Crippen molar-refractivity contribution in [3.63, 3.8) is 0 Å². The zero-order valence-electron chi connectivity index (χ0n) is 29.8. The van der Waals surface area contributed by atoms with Gasteiger partial charge in [0.1, 0.15) is 24.4 Å². The number of alkyl carbamates (subject to hydrolysis) is 1. The molecule has 11 nitrogen and oxygen atoms in total. The second-order valence-electron chi connectivity index (χ2n) is 13.5. The average molecular weight is 708 g/mol. The zero-order chi connectivity index (χ0) is 37.0. The Morgan fingerprint density at radius 1 is 0.962 bits per heavy atom. The lowest BCUT2D eigenvalue weighted by Crippen LogP contribution is -2.56. The van der Waals surface area contributed by atoms with E-state index in [0.717, 1.165) is 33.4 Å². The minimum atomic E-state index is -0.877. The monoisotopic (exact) mass is 707 g/mol. The molecule has 0 fully saturated rings. The number of phenolic OH excluding ortho intramolecular Hbond substituents is 1.